The first-order valence-electron chi connectivity index (χ1n) is 13.3. The van der Waals surface area contributed by atoms with Gasteiger partial charge in [-0.3, -0.25) is 4.79 Å². The van der Waals surface area contributed by atoms with Gasteiger partial charge in [0.05, 0.1) is 22.7 Å². The number of rotatable bonds is 9. The highest BCUT2D eigenvalue weighted by molar-refractivity contribution is 7.10. The van der Waals surface area contributed by atoms with Crippen molar-refractivity contribution in [2.45, 2.75) is 12.5 Å². The number of nitrogens with one attached hydrogen (secondary N) is 1. The molecule has 0 spiro atoms. The zero-order valence-electron chi connectivity index (χ0n) is 23.0. The highest BCUT2D eigenvalue weighted by Gasteiger charge is 2.26. The molecule has 2 aromatic carbocycles. The van der Waals surface area contributed by atoms with E-state index in [0.717, 1.165) is 28.9 Å². The van der Waals surface area contributed by atoms with Crippen LogP contribution in [0.5, 0.6) is 0 Å². The normalized spacial score (nSPS) is 12.1. The molecule has 0 aliphatic rings. The van der Waals surface area contributed by atoms with E-state index in [1.807, 2.05) is 68.1 Å². The minimum atomic E-state index is -0.913. The number of aromatic nitrogens is 4. The van der Waals surface area contributed by atoms with Crippen LogP contribution in [0.4, 0.5) is 16.0 Å². The second-order valence-corrected chi connectivity index (χ2v) is 11.1. The number of hydrogen-bond acceptors (Lipinski definition) is 7. The molecule has 3 N–H and O–H groups in total. The average Bonchev–Trinajstić information content (AvgIpc) is 3.62. The maximum absolute atomic E-state index is 15.2. The summed E-state index contributed by atoms with van der Waals surface area (Å²) in [6, 6.07) is 24.0. The minimum Gasteiger partial charge on any atom is -0.369 e. The number of nitrogens with zero attached hydrogens (tertiary/aromatic N) is 5. The number of carbonyl (C=O) groups is 1. The van der Waals surface area contributed by atoms with Gasteiger partial charge in [0.25, 0.3) is 0 Å². The van der Waals surface area contributed by atoms with Crippen LogP contribution in [0.25, 0.3) is 28.0 Å². The molecule has 1 atom stereocenters. The summed E-state index contributed by atoms with van der Waals surface area (Å²) in [4.78, 5) is 24.6. The summed E-state index contributed by atoms with van der Waals surface area (Å²) < 4.78 is 17.0. The zero-order chi connectivity index (χ0) is 29.2. The van der Waals surface area contributed by atoms with Crippen LogP contribution in [0.15, 0.2) is 96.6 Å². The van der Waals surface area contributed by atoms with Gasteiger partial charge >= 0.3 is 0 Å². The van der Waals surface area contributed by atoms with Gasteiger partial charge in [0.15, 0.2) is 0 Å². The molecule has 6 rings (SSSR count). The van der Waals surface area contributed by atoms with Gasteiger partial charge in [0, 0.05) is 40.6 Å². The van der Waals surface area contributed by atoms with Gasteiger partial charge in [-0.25, -0.2) is 18.9 Å². The molecule has 1 unspecified atom stereocenters. The lowest BCUT2D eigenvalue weighted by atomic mass is 9.93. The minimum absolute atomic E-state index is 0.202. The van der Waals surface area contributed by atoms with Crippen molar-refractivity contribution in [3.8, 4) is 22.5 Å². The highest BCUT2D eigenvalue weighted by Crippen LogP contribution is 2.38. The lowest BCUT2D eigenvalue weighted by molar-refractivity contribution is -0.118. The van der Waals surface area contributed by atoms with E-state index in [4.69, 9.17) is 15.8 Å². The van der Waals surface area contributed by atoms with Gasteiger partial charge in [-0.2, -0.15) is 5.10 Å². The van der Waals surface area contributed by atoms with E-state index in [0.29, 0.717) is 27.8 Å². The number of halogens is 1. The number of thiophene rings is 1. The molecule has 210 valence electrons. The second-order valence-electron chi connectivity index (χ2n) is 10.2. The number of fused-ring (bicyclic) bond motifs is 1. The SMILES string of the molecule is CN(C)Cc1cccc(Nc2nccc(-c3c(-c4ccc(F)c(C(C(N)=O)c5cccs5)c4)nn4ccccc34)n2)c1. The van der Waals surface area contributed by atoms with E-state index in [1.54, 1.807) is 28.9 Å². The Labute approximate surface area is 246 Å². The van der Waals surface area contributed by atoms with E-state index in [9.17, 15) is 4.79 Å². The Balaban J connectivity index is 1.44. The van der Waals surface area contributed by atoms with Crippen molar-refractivity contribution in [1.82, 2.24) is 24.5 Å². The summed E-state index contributed by atoms with van der Waals surface area (Å²) in [5.41, 5.74) is 11.5. The van der Waals surface area contributed by atoms with Crippen LogP contribution in [0.3, 0.4) is 0 Å². The largest absolute Gasteiger partial charge is 0.369 e. The van der Waals surface area contributed by atoms with E-state index in [1.165, 1.54) is 17.4 Å². The number of pyridine rings is 1. The van der Waals surface area contributed by atoms with Crippen LogP contribution in [0.1, 0.15) is 21.9 Å². The summed E-state index contributed by atoms with van der Waals surface area (Å²) in [6.45, 7) is 0.810. The quantitative estimate of drug-likeness (QED) is 0.216. The fourth-order valence-electron chi connectivity index (χ4n) is 5.07. The van der Waals surface area contributed by atoms with E-state index < -0.39 is 17.6 Å². The van der Waals surface area contributed by atoms with Gasteiger partial charge in [-0.1, -0.05) is 24.3 Å². The van der Waals surface area contributed by atoms with Crippen LogP contribution in [0.2, 0.25) is 0 Å². The predicted molar refractivity (Wildman–Crippen MR) is 164 cm³/mol. The van der Waals surface area contributed by atoms with Crippen LogP contribution in [-0.2, 0) is 11.3 Å². The Morgan fingerprint density at radius 2 is 1.95 bits per heavy atom. The fraction of sp³-hybridized carbons (Fsp3) is 0.125. The summed E-state index contributed by atoms with van der Waals surface area (Å²) in [7, 11) is 4.06. The molecule has 4 aromatic heterocycles. The molecule has 0 fully saturated rings. The number of benzene rings is 2. The second kappa shape index (κ2) is 11.5. The smallest absolute Gasteiger partial charge is 0.230 e. The van der Waals surface area contributed by atoms with Crippen molar-refractivity contribution in [1.29, 1.82) is 0 Å². The maximum atomic E-state index is 15.2. The molecule has 4 heterocycles. The molecule has 0 saturated carbocycles. The average molecular weight is 578 g/mol. The van der Waals surface area contributed by atoms with Crippen LogP contribution in [-0.4, -0.2) is 44.5 Å². The summed E-state index contributed by atoms with van der Waals surface area (Å²) in [5, 5.41) is 10.0. The zero-order valence-corrected chi connectivity index (χ0v) is 23.8. The lowest BCUT2D eigenvalue weighted by Crippen LogP contribution is -2.22. The predicted octanol–water partition coefficient (Wildman–Crippen LogP) is 6.08. The number of anilines is 2. The van der Waals surface area contributed by atoms with Crippen molar-refractivity contribution in [3.05, 3.63) is 118 Å². The van der Waals surface area contributed by atoms with Crippen molar-refractivity contribution in [3.63, 3.8) is 0 Å². The van der Waals surface area contributed by atoms with Gasteiger partial charge in [-0.15, -0.1) is 11.3 Å². The monoisotopic (exact) mass is 577 g/mol. The number of hydrogen-bond donors (Lipinski definition) is 2. The number of amides is 1. The van der Waals surface area contributed by atoms with Crippen LogP contribution < -0.4 is 11.1 Å². The van der Waals surface area contributed by atoms with E-state index >= 15 is 4.39 Å². The first-order valence-corrected chi connectivity index (χ1v) is 14.2. The third kappa shape index (κ3) is 5.50. The van der Waals surface area contributed by atoms with E-state index in [-0.39, 0.29) is 5.56 Å². The summed E-state index contributed by atoms with van der Waals surface area (Å²) in [6.07, 6.45) is 3.54. The van der Waals surface area contributed by atoms with Crippen LogP contribution >= 0.6 is 11.3 Å². The molecule has 6 aromatic rings. The van der Waals surface area contributed by atoms with Crippen LogP contribution in [0, 0.1) is 5.82 Å². The Morgan fingerprint density at radius 3 is 2.74 bits per heavy atom. The fourth-order valence-corrected chi connectivity index (χ4v) is 5.92. The third-order valence-electron chi connectivity index (χ3n) is 6.83. The first kappa shape index (κ1) is 27.3. The Hall–Kier alpha value is -4.93. The maximum Gasteiger partial charge on any atom is 0.230 e. The third-order valence-corrected chi connectivity index (χ3v) is 7.76. The van der Waals surface area contributed by atoms with Crippen molar-refractivity contribution < 1.29 is 9.18 Å². The Bertz CT molecular complexity index is 1880. The number of primary amides is 1. The molecule has 0 radical (unpaired) electrons. The van der Waals surface area contributed by atoms with Gasteiger partial charge < -0.3 is 16.0 Å². The van der Waals surface area contributed by atoms with Crippen molar-refractivity contribution in [2.75, 3.05) is 19.4 Å². The molecular formula is C32H28FN7OS. The molecule has 0 aliphatic carbocycles. The first-order chi connectivity index (χ1) is 20.4. The molecular weight excluding hydrogens is 549 g/mol. The molecule has 1 amide bonds. The highest BCUT2D eigenvalue weighted by atomic mass is 32.1. The van der Waals surface area contributed by atoms with Gasteiger partial charge in [-0.05, 0) is 79.6 Å². The van der Waals surface area contributed by atoms with E-state index in [2.05, 4.69) is 27.3 Å². The Morgan fingerprint density at radius 1 is 1.07 bits per heavy atom. The topological polar surface area (TPSA) is 101 Å². The molecule has 42 heavy (non-hydrogen) atoms. The molecule has 8 nitrogen and oxygen atoms in total. The molecule has 10 heteroatoms. The molecule has 0 saturated heterocycles. The summed E-state index contributed by atoms with van der Waals surface area (Å²) >= 11 is 1.36. The van der Waals surface area contributed by atoms with Crippen molar-refractivity contribution in [2.24, 2.45) is 5.73 Å². The molecule has 0 aliphatic heterocycles. The number of carbonyl (C=O) groups excluding carboxylic acids is 1. The lowest BCUT2D eigenvalue weighted by Gasteiger charge is -2.15. The Kier molecular flexibility index (Phi) is 7.47. The van der Waals surface area contributed by atoms with Gasteiger partial charge in [0.2, 0.25) is 11.9 Å². The van der Waals surface area contributed by atoms with Gasteiger partial charge in [0.1, 0.15) is 11.5 Å². The standard InChI is InChI=1S/C32H28FN7OS/c1-39(2)19-20-7-5-8-22(17-20)36-32-35-14-13-25(37-32)29-26-9-3-4-15-40(26)38-30(29)21-11-12-24(33)23(18-21)28(31(34)41)27-10-6-16-42-27/h3-18,28H,19H2,1-2H3,(H2,34,41)(H,35,36,37). The van der Waals surface area contributed by atoms with Crippen molar-refractivity contribution >= 4 is 34.4 Å². The summed E-state index contributed by atoms with van der Waals surface area (Å²) in [5.74, 6) is -1.61. The molecule has 0 bridgehead atoms. The number of nitrogens with two attached hydrogens (primary N) is 1.